The summed E-state index contributed by atoms with van der Waals surface area (Å²) in [6.45, 7) is 4.08. The van der Waals surface area contributed by atoms with E-state index in [1.807, 2.05) is 74.5 Å². The summed E-state index contributed by atoms with van der Waals surface area (Å²) in [5.41, 5.74) is 1.16. The molecule has 1 aliphatic heterocycles. The third kappa shape index (κ3) is 3.20. The van der Waals surface area contributed by atoms with Crippen molar-refractivity contribution in [3.8, 4) is 11.8 Å². The fourth-order valence-corrected chi connectivity index (χ4v) is 4.63. The summed E-state index contributed by atoms with van der Waals surface area (Å²) in [4.78, 5) is 19.0. The van der Waals surface area contributed by atoms with Crippen LogP contribution in [0.1, 0.15) is 57.1 Å². The predicted molar refractivity (Wildman–Crippen MR) is 114 cm³/mol. The molecule has 4 rings (SSSR count). The standard InChI is InChI=1S/C26H27NO/c1-25(2)23(21-14-8-4-9-15-21)27-26(24(25)28,22-16-10-5-11-17-22)19-18-20-12-6-3-7-13-20/h3,5-7,10-13,16-17,21H,4,8-9,14-15H2,1-2H3. The molecule has 142 valence electrons. The van der Waals surface area contributed by atoms with Crippen LogP contribution in [-0.2, 0) is 10.3 Å². The molecule has 2 nitrogen and oxygen atoms in total. The molecule has 0 amide bonds. The maximum absolute atomic E-state index is 13.8. The van der Waals surface area contributed by atoms with Gasteiger partial charge >= 0.3 is 0 Å². The minimum atomic E-state index is -1.10. The van der Waals surface area contributed by atoms with Gasteiger partial charge in [0, 0.05) is 11.3 Å². The van der Waals surface area contributed by atoms with Gasteiger partial charge in [0.2, 0.25) is 5.54 Å². The number of carbonyl (C=O) groups excluding carboxylic acids is 1. The second-order valence-corrected chi connectivity index (χ2v) is 8.48. The number of benzene rings is 2. The van der Waals surface area contributed by atoms with Crippen LogP contribution in [0.3, 0.4) is 0 Å². The van der Waals surface area contributed by atoms with Crippen LogP contribution < -0.4 is 0 Å². The van der Waals surface area contributed by atoms with Crippen LogP contribution in [0.5, 0.6) is 0 Å². The first-order valence-corrected chi connectivity index (χ1v) is 10.3. The van der Waals surface area contributed by atoms with E-state index in [1.165, 1.54) is 19.3 Å². The van der Waals surface area contributed by atoms with Crippen molar-refractivity contribution in [2.45, 2.75) is 51.5 Å². The van der Waals surface area contributed by atoms with Crippen molar-refractivity contribution in [3.05, 3.63) is 71.8 Å². The van der Waals surface area contributed by atoms with Gasteiger partial charge in [0.05, 0.1) is 5.41 Å². The molecule has 1 fully saturated rings. The molecule has 0 saturated heterocycles. The molecule has 0 spiro atoms. The van der Waals surface area contributed by atoms with E-state index >= 15 is 0 Å². The van der Waals surface area contributed by atoms with Crippen LogP contribution in [0.4, 0.5) is 0 Å². The molecular formula is C26H27NO. The maximum atomic E-state index is 13.8. The first-order valence-electron chi connectivity index (χ1n) is 10.3. The zero-order chi connectivity index (χ0) is 19.6. The van der Waals surface area contributed by atoms with Gasteiger partial charge in [-0.3, -0.25) is 9.79 Å². The lowest BCUT2D eigenvalue weighted by Crippen LogP contribution is -2.40. The Morgan fingerprint density at radius 1 is 0.893 bits per heavy atom. The van der Waals surface area contributed by atoms with E-state index in [0.717, 1.165) is 29.7 Å². The summed E-state index contributed by atoms with van der Waals surface area (Å²) in [7, 11) is 0. The Labute approximate surface area is 168 Å². The Hall–Kier alpha value is -2.66. The van der Waals surface area contributed by atoms with Gasteiger partial charge in [-0.25, -0.2) is 0 Å². The lowest BCUT2D eigenvalue weighted by atomic mass is 9.70. The molecule has 2 aliphatic rings. The SMILES string of the molecule is CC1(C)C(=O)C(C#Cc2ccccc2)(c2ccccc2)N=C1C1CCCCC1. The zero-order valence-electron chi connectivity index (χ0n) is 16.7. The third-order valence-corrected chi connectivity index (χ3v) is 6.17. The fourth-order valence-electron chi connectivity index (χ4n) is 4.63. The maximum Gasteiger partial charge on any atom is 0.205 e. The van der Waals surface area contributed by atoms with Gasteiger partial charge in [0.15, 0.2) is 5.78 Å². The highest BCUT2D eigenvalue weighted by Gasteiger charge is 2.55. The smallest absolute Gasteiger partial charge is 0.205 e. The van der Waals surface area contributed by atoms with Crippen molar-refractivity contribution in [1.29, 1.82) is 0 Å². The van der Waals surface area contributed by atoms with Crippen LogP contribution >= 0.6 is 0 Å². The van der Waals surface area contributed by atoms with E-state index in [0.29, 0.717) is 5.92 Å². The lowest BCUT2D eigenvalue weighted by Gasteiger charge is -2.29. The van der Waals surface area contributed by atoms with Crippen LogP contribution in [0, 0.1) is 23.2 Å². The molecule has 0 radical (unpaired) electrons. The molecule has 0 bridgehead atoms. The summed E-state index contributed by atoms with van der Waals surface area (Å²) in [6, 6.07) is 19.7. The molecule has 2 aromatic rings. The van der Waals surface area contributed by atoms with Crippen LogP contribution in [-0.4, -0.2) is 11.5 Å². The number of rotatable bonds is 2. The van der Waals surface area contributed by atoms with Gasteiger partial charge in [0.1, 0.15) is 0 Å². The van der Waals surface area contributed by atoms with E-state index in [1.54, 1.807) is 0 Å². The second kappa shape index (κ2) is 7.40. The van der Waals surface area contributed by atoms with Crippen LogP contribution in [0.25, 0.3) is 0 Å². The normalized spacial score (nSPS) is 24.4. The average Bonchev–Trinajstić information content (AvgIpc) is 2.96. The van der Waals surface area contributed by atoms with E-state index < -0.39 is 11.0 Å². The van der Waals surface area contributed by atoms with E-state index in [4.69, 9.17) is 4.99 Å². The van der Waals surface area contributed by atoms with Gasteiger partial charge in [0.25, 0.3) is 0 Å². The summed E-state index contributed by atoms with van der Waals surface area (Å²) in [6.07, 6.45) is 6.00. The number of aliphatic imine (C=N–C) groups is 1. The van der Waals surface area contributed by atoms with Crippen molar-refractivity contribution < 1.29 is 4.79 Å². The first kappa shape index (κ1) is 18.7. The highest BCUT2D eigenvalue weighted by molar-refractivity contribution is 6.19. The highest BCUT2D eigenvalue weighted by atomic mass is 16.1. The zero-order valence-corrected chi connectivity index (χ0v) is 16.7. The molecular weight excluding hydrogens is 342 g/mol. The van der Waals surface area contributed by atoms with Gasteiger partial charge < -0.3 is 0 Å². The number of carbonyl (C=O) groups is 1. The van der Waals surface area contributed by atoms with Crippen molar-refractivity contribution in [2.24, 2.45) is 16.3 Å². The Bertz CT molecular complexity index is 940. The number of Topliss-reactive ketones (excluding diaryl/α,β-unsaturated/α-hetero) is 1. The summed E-state index contributed by atoms with van der Waals surface area (Å²) >= 11 is 0. The Morgan fingerprint density at radius 3 is 2.14 bits per heavy atom. The third-order valence-electron chi connectivity index (χ3n) is 6.17. The first-order chi connectivity index (χ1) is 13.5. The molecule has 1 unspecified atom stereocenters. The van der Waals surface area contributed by atoms with Crippen molar-refractivity contribution in [1.82, 2.24) is 0 Å². The Morgan fingerprint density at radius 2 is 1.50 bits per heavy atom. The number of nitrogens with zero attached hydrogens (tertiary/aromatic N) is 1. The monoisotopic (exact) mass is 369 g/mol. The molecule has 2 heteroatoms. The minimum Gasteiger partial charge on any atom is -0.294 e. The molecule has 1 heterocycles. The number of hydrogen-bond acceptors (Lipinski definition) is 2. The predicted octanol–water partition coefficient (Wildman–Crippen LogP) is 5.56. The molecule has 0 N–H and O–H groups in total. The van der Waals surface area contributed by atoms with Crippen molar-refractivity contribution >= 4 is 11.5 Å². The quantitative estimate of drug-likeness (QED) is 0.637. The second-order valence-electron chi connectivity index (χ2n) is 8.48. The van der Waals surface area contributed by atoms with Gasteiger partial charge in [-0.15, -0.1) is 0 Å². The van der Waals surface area contributed by atoms with Crippen LogP contribution in [0.15, 0.2) is 65.7 Å². The van der Waals surface area contributed by atoms with E-state index in [9.17, 15) is 4.79 Å². The molecule has 1 saturated carbocycles. The molecule has 2 aromatic carbocycles. The average molecular weight is 370 g/mol. The number of ketones is 1. The molecule has 0 aromatic heterocycles. The largest absolute Gasteiger partial charge is 0.294 e. The minimum absolute atomic E-state index is 0.107. The highest BCUT2D eigenvalue weighted by Crippen LogP contribution is 2.46. The van der Waals surface area contributed by atoms with Gasteiger partial charge in [-0.1, -0.05) is 79.6 Å². The summed E-state index contributed by atoms with van der Waals surface area (Å²) in [5.74, 6) is 7.06. The van der Waals surface area contributed by atoms with Crippen molar-refractivity contribution in [3.63, 3.8) is 0 Å². The topological polar surface area (TPSA) is 29.4 Å². The molecule has 28 heavy (non-hydrogen) atoms. The van der Waals surface area contributed by atoms with Gasteiger partial charge in [-0.2, -0.15) is 0 Å². The van der Waals surface area contributed by atoms with Crippen molar-refractivity contribution in [2.75, 3.05) is 0 Å². The Balaban J connectivity index is 1.87. The number of hydrogen-bond donors (Lipinski definition) is 0. The van der Waals surface area contributed by atoms with E-state index in [-0.39, 0.29) is 5.78 Å². The molecule has 1 atom stereocenters. The lowest BCUT2D eigenvalue weighted by molar-refractivity contribution is -0.126. The molecule has 1 aliphatic carbocycles. The summed E-state index contributed by atoms with van der Waals surface area (Å²) < 4.78 is 0. The fraction of sp³-hybridized carbons (Fsp3) is 0.385. The summed E-state index contributed by atoms with van der Waals surface area (Å²) in [5, 5.41) is 0. The van der Waals surface area contributed by atoms with Gasteiger partial charge in [-0.05, 0) is 50.3 Å². The van der Waals surface area contributed by atoms with Crippen LogP contribution in [0.2, 0.25) is 0 Å². The Kier molecular flexibility index (Phi) is 4.94. The van der Waals surface area contributed by atoms with E-state index in [2.05, 4.69) is 11.8 Å².